The molecule has 1 fully saturated rings. The maximum absolute atomic E-state index is 12.7. The second-order valence-electron chi connectivity index (χ2n) is 5.05. The number of benzene rings is 1. The smallest absolute Gasteiger partial charge is 0.243 e. The number of rotatable bonds is 4. The SMILES string of the molecule is CCS(=O)(=O)c1cccc(S(=O)(=O)N2CCNC[C@H]2C)c1. The van der Waals surface area contributed by atoms with Gasteiger partial charge >= 0.3 is 0 Å². The quantitative estimate of drug-likeness (QED) is 0.866. The van der Waals surface area contributed by atoms with Gasteiger partial charge in [0.15, 0.2) is 9.84 Å². The normalized spacial score (nSPS) is 21.3. The molecule has 0 bridgehead atoms. The molecular weight excluding hydrogens is 312 g/mol. The third-order valence-corrected chi connectivity index (χ3v) is 7.33. The summed E-state index contributed by atoms with van der Waals surface area (Å²) in [5.41, 5.74) is 0. The third kappa shape index (κ3) is 3.28. The Kier molecular flexibility index (Phi) is 4.72. The molecule has 1 aliphatic rings. The Bertz CT molecular complexity index is 713. The van der Waals surface area contributed by atoms with E-state index in [4.69, 9.17) is 0 Å². The summed E-state index contributed by atoms with van der Waals surface area (Å²) in [6.45, 7) is 4.93. The Morgan fingerprint density at radius 2 is 1.90 bits per heavy atom. The van der Waals surface area contributed by atoms with Crippen molar-refractivity contribution in [1.82, 2.24) is 9.62 Å². The zero-order chi connectivity index (χ0) is 15.7. The number of sulfone groups is 1. The van der Waals surface area contributed by atoms with Gasteiger partial charge in [-0.05, 0) is 25.1 Å². The molecule has 0 spiro atoms. The van der Waals surface area contributed by atoms with Crippen molar-refractivity contribution in [3.63, 3.8) is 0 Å². The first kappa shape index (κ1) is 16.4. The van der Waals surface area contributed by atoms with Gasteiger partial charge in [0, 0.05) is 25.7 Å². The first-order valence-corrected chi connectivity index (χ1v) is 9.93. The molecule has 0 saturated carbocycles. The molecule has 8 heteroatoms. The van der Waals surface area contributed by atoms with Crippen LogP contribution >= 0.6 is 0 Å². The molecule has 2 rings (SSSR count). The van der Waals surface area contributed by atoms with E-state index in [1.807, 2.05) is 6.92 Å². The molecule has 1 atom stereocenters. The van der Waals surface area contributed by atoms with Crippen LogP contribution in [0, 0.1) is 0 Å². The van der Waals surface area contributed by atoms with Gasteiger partial charge in [-0.25, -0.2) is 16.8 Å². The summed E-state index contributed by atoms with van der Waals surface area (Å²) in [6.07, 6.45) is 0. The average Bonchev–Trinajstić information content (AvgIpc) is 2.47. The number of hydrogen-bond donors (Lipinski definition) is 1. The first-order chi connectivity index (χ1) is 9.79. The molecule has 0 aromatic heterocycles. The molecule has 1 heterocycles. The van der Waals surface area contributed by atoms with Crippen LogP contribution in [0.3, 0.4) is 0 Å². The van der Waals surface area contributed by atoms with Crippen molar-refractivity contribution in [2.75, 3.05) is 25.4 Å². The van der Waals surface area contributed by atoms with Crippen LogP contribution in [-0.2, 0) is 19.9 Å². The topological polar surface area (TPSA) is 83.5 Å². The van der Waals surface area contributed by atoms with Gasteiger partial charge in [0.1, 0.15) is 0 Å². The molecule has 118 valence electrons. The van der Waals surface area contributed by atoms with E-state index in [9.17, 15) is 16.8 Å². The third-order valence-electron chi connectivity index (χ3n) is 3.59. The van der Waals surface area contributed by atoms with Gasteiger partial charge in [0.05, 0.1) is 15.5 Å². The zero-order valence-electron chi connectivity index (χ0n) is 12.1. The van der Waals surface area contributed by atoms with Gasteiger partial charge in [-0.2, -0.15) is 4.31 Å². The van der Waals surface area contributed by atoms with Gasteiger partial charge in [-0.15, -0.1) is 0 Å². The van der Waals surface area contributed by atoms with Gasteiger partial charge in [0.25, 0.3) is 0 Å². The molecule has 0 aliphatic carbocycles. The highest BCUT2D eigenvalue weighted by Crippen LogP contribution is 2.22. The van der Waals surface area contributed by atoms with Crippen LogP contribution in [0.25, 0.3) is 0 Å². The molecule has 1 aromatic carbocycles. The summed E-state index contributed by atoms with van der Waals surface area (Å²) < 4.78 is 50.6. The summed E-state index contributed by atoms with van der Waals surface area (Å²) >= 11 is 0. The maximum Gasteiger partial charge on any atom is 0.243 e. The Morgan fingerprint density at radius 1 is 1.24 bits per heavy atom. The number of piperazine rings is 1. The lowest BCUT2D eigenvalue weighted by atomic mass is 10.3. The van der Waals surface area contributed by atoms with Gasteiger partial charge in [-0.1, -0.05) is 13.0 Å². The molecular formula is C13H20N2O4S2. The summed E-state index contributed by atoms with van der Waals surface area (Å²) in [6, 6.07) is 5.44. The second kappa shape index (κ2) is 6.04. The molecule has 1 aliphatic heterocycles. The first-order valence-electron chi connectivity index (χ1n) is 6.84. The summed E-state index contributed by atoms with van der Waals surface area (Å²) in [5.74, 6) is -0.0550. The van der Waals surface area contributed by atoms with E-state index < -0.39 is 19.9 Å². The van der Waals surface area contributed by atoms with Crippen molar-refractivity contribution in [2.45, 2.75) is 29.7 Å². The minimum Gasteiger partial charge on any atom is -0.314 e. The summed E-state index contributed by atoms with van der Waals surface area (Å²) in [5, 5.41) is 3.13. The summed E-state index contributed by atoms with van der Waals surface area (Å²) in [7, 11) is -7.09. The van der Waals surface area contributed by atoms with E-state index in [2.05, 4.69) is 5.32 Å². The second-order valence-corrected chi connectivity index (χ2v) is 9.22. The molecule has 21 heavy (non-hydrogen) atoms. The molecule has 0 amide bonds. The maximum atomic E-state index is 12.7. The fourth-order valence-corrected chi connectivity index (χ4v) is 4.99. The zero-order valence-corrected chi connectivity index (χ0v) is 13.7. The van der Waals surface area contributed by atoms with E-state index in [1.165, 1.54) is 35.5 Å². The van der Waals surface area contributed by atoms with Gasteiger partial charge < -0.3 is 5.32 Å². The fourth-order valence-electron chi connectivity index (χ4n) is 2.31. The molecule has 6 nitrogen and oxygen atoms in total. The highest BCUT2D eigenvalue weighted by Gasteiger charge is 2.31. The van der Waals surface area contributed by atoms with Crippen molar-refractivity contribution in [3.8, 4) is 0 Å². The molecule has 1 N–H and O–H groups in total. The molecule has 1 saturated heterocycles. The minimum atomic E-state index is -3.67. The lowest BCUT2D eigenvalue weighted by Gasteiger charge is -2.32. The number of nitrogens with zero attached hydrogens (tertiary/aromatic N) is 1. The van der Waals surface area contributed by atoms with Crippen LogP contribution in [0.4, 0.5) is 0 Å². The lowest BCUT2D eigenvalue weighted by molar-refractivity contribution is 0.284. The van der Waals surface area contributed by atoms with E-state index in [0.29, 0.717) is 19.6 Å². The van der Waals surface area contributed by atoms with Crippen LogP contribution in [0.15, 0.2) is 34.1 Å². The monoisotopic (exact) mass is 332 g/mol. The predicted octanol–water partition coefficient (Wildman–Crippen LogP) is 0.463. The van der Waals surface area contributed by atoms with Crippen LogP contribution < -0.4 is 5.32 Å². The Balaban J connectivity index is 2.44. The van der Waals surface area contributed by atoms with Gasteiger partial charge in [0.2, 0.25) is 10.0 Å². The average molecular weight is 332 g/mol. The lowest BCUT2D eigenvalue weighted by Crippen LogP contribution is -2.52. The van der Waals surface area contributed by atoms with Crippen LogP contribution in [0.1, 0.15) is 13.8 Å². The van der Waals surface area contributed by atoms with Crippen molar-refractivity contribution in [3.05, 3.63) is 24.3 Å². The van der Waals surface area contributed by atoms with Crippen molar-refractivity contribution in [2.24, 2.45) is 0 Å². The number of hydrogen-bond acceptors (Lipinski definition) is 5. The van der Waals surface area contributed by atoms with E-state index in [1.54, 1.807) is 0 Å². The molecule has 0 radical (unpaired) electrons. The van der Waals surface area contributed by atoms with E-state index in [-0.39, 0.29) is 21.6 Å². The Morgan fingerprint density at radius 3 is 2.52 bits per heavy atom. The largest absolute Gasteiger partial charge is 0.314 e. The molecule has 1 aromatic rings. The minimum absolute atomic E-state index is 0.0331. The number of sulfonamides is 1. The van der Waals surface area contributed by atoms with Crippen molar-refractivity contribution < 1.29 is 16.8 Å². The van der Waals surface area contributed by atoms with Gasteiger partial charge in [-0.3, -0.25) is 0 Å². The van der Waals surface area contributed by atoms with Crippen LogP contribution in [-0.4, -0.2) is 52.6 Å². The standard InChI is InChI=1S/C13H20N2O4S2/c1-3-20(16,17)12-5-4-6-13(9-12)21(18,19)15-8-7-14-10-11(15)2/h4-6,9,11,14H,3,7-8,10H2,1-2H3/t11-/m1/s1. The Hall–Kier alpha value is -0.960. The number of nitrogens with one attached hydrogen (secondary N) is 1. The van der Waals surface area contributed by atoms with E-state index >= 15 is 0 Å². The highest BCUT2D eigenvalue weighted by atomic mass is 32.2. The van der Waals surface area contributed by atoms with Crippen molar-refractivity contribution >= 4 is 19.9 Å². The highest BCUT2D eigenvalue weighted by molar-refractivity contribution is 7.91. The van der Waals surface area contributed by atoms with Crippen LogP contribution in [0.5, 0.6) is 0 Å². The Labute approximate surface area is 126 Å². The van der Waals surface area contributed by atoms with Crippen molar-refractivity contribution in [1.29, 1.82) is 0 Å². The molecule has 0 unspecified atom stereocenters. The predicted molar refractivity (Wildman–Crippen MR) is 80.4 cm³/mol. The summed E-state index contributed by atoms with van der Waals surface area (Å²) in [4.78, 5) is 0.0830. The fraction of sp³-hybridized carbons (Fsp3) is 0.538. The van der Waals surface area contributed by atoms with E-state index in [0.717, 1.165) is 0 Å². The van der Waals surface area contributed by atoms with Crippen LogP contribution in [0.2, 0.25) is 0 Å².